The Balaban J connectivity index is 1.99. The second kappa shape index (κ2) is 4.00. The van der Waals surface area contributed by atoms with Gasteiger partial charge in [-0.1, -0.05) is 0 Å². The van der Waals surface area contributed by atoms with Gasteiger partial charge in [0, 0.05) is 0 Å². The number of hydrogen-bond donors (Lipinski definition) is 2. The Hall–Kier alpha value is -1.18. The zero-order valence-electron chi connectivity index (χ0n) is 8.86. The first-order valence-electron chi connectivity index (χ1n) is 5.44. The van der Waals surface area contributed by atoms with Crippen LogP contribution >= 0.6 is 0 Å². The third-order valence-electron chi connectivity index (χ3n) is 2.89. The molecular weight excluding hydrogens is 265 g/mol. The van der Waals surface area contributed by atoms with Crippen molar-refractivity contribution in [1.82, 2.24) is 4.98 Å². The number of aromatic amines is 1. The molecule has 82 valence electrons. The molecule has 0 unspecified atom stereocenters. The van der Waals surface area contributed by atoms with Crippen molar-refractivity contribution >= 4 is 25.9 Å². The third-order valence-corrected chi connectivity index (χ3v) is 5.25. The number of phenols is 1. The minimum atomic E-state index is 0.347. The standard InChI is InChI=1S/C13H13NOSe/c15-10-3-4-13-12(7-10)9(8-14-13)6-11-2-1-5-16-11/h2-4,7-8,14-15H,1,5-6H2. The molecule has 0 saturated carbocycles. The topological polar surface area (TPSA) is 36.0 Å². The fourth-order valence-corrected chi connectivity index (χ4v) is 4.17. The van der Waals surface area contributed by atoms with Gasteiger partial charge in [0.05, 0.1) is 0 Å². The molecule has 1 aliphatic rings. The summed E-state index contributed by atoms with van der Waals surface area (Å²) < 4.78 is 1.59. The Bertz CT molecular complexity index is 556. The first-order chi connectivity index (χ1) is 7.83. The summed E-state index contributed by atoms with van der Waals surface area (Å²) in [7, 11) is 0. The fourth-order valence-electron chi connectivity index (χ4n) is 2.09. The Morgan fingerprint density at radius 1 is 1.38 bits per heavy atom. The molecule has 0 aliphatic carbocycles. The van der Waals surface area contributed by atoms with Crippen molar-refractivity contribution in [1.29, 1.82) is 0 Å². The van der Waals surface area contributed by atoms with Crippen molar-refractivity contribution in [2.24, 2.45) is 0 Å². The number of allylic oxidation sites excluding steroid dienone is 2. The molecular formula is C13H13NOSe. The summed E-state index contributed by atoms with van der Waals surface area (Å²) in [6, 6.07) is 5.51. The van der Waals surface area contributed by atoms with Crippen LogP contribution in [0.5, 0.6) is 5.75 Å². The normalized spacial score (nSPS) is 15.6. The molecule has 0 bridgehead atoms. The average Bonchev–Trinajstić information content (AvgIpc) is 2.90. The summed E-state index contributed by atoms with van der Waals surface area (Å²) in [6.07, 6.45) is 6.74. The van der Waals surface area contributed by atoms with Crippen LogP contribution in [-0.4, -0.2) is 25.0 Å². The van der Waals surface area contributed by atoms with E-state index in [4.69, 9.17) is 0 Å². The Morgan fingerprint density at radius 2 is 2.31 bits per heavy atom. The van der Waals surface area contributed by atoms with E-state index in [1.54, 1.807) is 10.5 Å². The maximum atomic E-state index is 9.51. The first-order valence-corrected chi connectivity index (χ1v) is 7.50. The summed E-state index contributed by atoms with van der Waals surface area (Å²) in [6.45, 7) is 0. The molecule has 1 aromatic heterocycles. The van der Waals surface area contributed by atoms with Crippen molar-refractivity contribution in [2.45, 2.75) is 18.2 Å². The zero-order valence-corrected chi connectivity index (χ0v) is 10.6. The summed E-state index contributed by atoms with van der Waals surface area (Å²) >= 11 is 0.695. The van der Waals surface area contributed by atoms with Crippen LogP contribution in [0.25, 0.3) is 10.9 Å². The van der Waals surface area contributed by atoms with Gasteiger partial charge in [-0.25, -0.2) is 0 Å². The van der Waals surface area contributed by atoms with E-state index in [9.17, 15) is 5.11 Å². The number of fused-ring (bicyclic) bond motifs is 1. The Morgan fingerprint density at radius 3 is 3.12 bits per heavy atom. The monoisotopic (exact) mass is 279 g/mol. The van der Waals surface area contributed by atoms with Crippen LogP contribution in [0, 0.1) is 0 Å². The number of nitrogens with one attached hydrogen (secondary N) is 1. The predicted molar refractivity (Wildman–Crippen MR) is 66.9 cm³/mol. The van der Waals surface area contributed by atoms with Gasteiger partial charge in [-0.05, 0) is 0 Å². The van der Waals surface area contributed by atoms with Crippen LogP contribution in [0.3, 0.4) is 0 Å². The summed E-state index contributed by atoms with van der Waals surface area (Å²) in [5, 5.41) is 12.0. The van der Waals surface area contributed by atoms with Gasteiger partial charge in [-0.3, -0.25) is 0 Å². The Kier molecular flexibility index (Phi) is 2.50. The molecule has 1 aliphatic heterocycles. The van der Waals surface area contributed by atoms with Gasteiger partial charge in [0.2, 0.25) is 0 Å². The fraction of sp³-hybridized carbons (Fsp3) is 0.231. The molecule has 3 heteroatoms. The molecule has 0 atom stereocenters. The number of aromatic hydroxyl groups is 1. The molecule has 0 saturated heterocycles. The van der Waals surface area contributed by atoms with Gasteiger partial charge in [0.15, 0.2) is 0 Å². The molecule has 0 fully saturated rings. The van der Waals surface area contributed by atoms with Crippen LogP contribution in [0.1, 0.15) is 12.0 Å². The molecule has 0 amide bonds. The van der Waals surface area contributed by atoms with Crippen molar-refractivity contribution in [3.63, 3.8) is 0 Å². The molecule has 3 rings (SSSR count). The van der Waals surface area contributed by atoms with E-state index in [2.05, 4.69) is 17.3 Å². The second-order valence-electron chi connectivity index (χ2n) is 4.03. The van der Waals surface area contributed by atoms with E-state index >= 15 is 0 Å². The summed E-state index contributed by atoms with van der Waals surface area (Å²) in [5.74, 6) is 0.347. The van der Waals surface area contributed by atoms with E-state index < -0.39 is 0 Å². The quantitative estimate of drug-likeness (QED) is 0.814. The summed E-state index contributed by atoms with van der Waals surface area (Å²) in [4.78, 5) is 3.26. The number of rotatable bonds is 2. The van der Waals surface area contributed by atoms with Crippen LogP contribution in [0.15, 0.2) is 34.9 Å². The number of hydrogen-bond acceptors (Lipinski definition) is 1. The van der Waals surface area contributed by atoms with Gasteiger partial charge in [0.1, 0.15) is 0 Å². The number of H-pyrrole nitrogens is 1. The van der Waals surface area contributed by atoms with E-state index in [-0.39, 0.29) is 0 Å². The zero-order chi connectivity index (χ0) is 11.0. The Labute approximate surface area is 101 Å². The van der Waals surface area contributed by atoms with Gasteiger partial charge < -0.3 is 0 Å². The maximum absolute atomic E-state index is 9.51. The van der Waals surface area contributed by atoms with Crippen LogP contribution < -0.4 is 0 Å². The molecule has 2 aromatic rings. The van der Waals surface area contributed by atoms with Crippen LogP contribution in [0.4, 0.5) is 0 Å². The number of aromatic nitrogens is 1. The first kappa shape index (κ1) is 10.0. The SMILES string of the molecule is Oc1ccc2[nH]cc(CC3=CCC[Se]3)c2c1. The molecule has 1 aromatic carbocycles. The van der Waals surface area contributed by atoms with Crippen LogP contribution in [-0.2, 0) is 6.42 Å². The van der Waals surface area contributed by atoms with E-state index in [0.29, 0.717) is 20.7 Å². The number of benzene rings is 1. The van der Waals surface area contributed by atoms with Crippen molar-refractivity contribution < 1.29 is 5.11 Å². The van der Waals surface area contributed by atoms with Crippen molar-refractivity contribution in [3.8, 4) is 5.75 Å². The van der Waals surface area contributed by atoms with Gasteiger partial charge in [-0.2, -0.15) is 0 Å². The molecule has 2 heterocycles. The van der Waals surface area contributed by atoms with Gasteiger partial charge >= 0.3 is 100 Å². The molecule has 2 nitrogen and oxygen atoms in total. The molecule has 0 radical (unpaired) electrons. The van der Waals surface area contributed by atoms with E-state index in [0.717, 1.165) is 17.3 Å². The van der Waals surface area contributed by atoms with E-state index in [1.165, 1.54) is 17.3 Å². The van der Waals surface area contributed by atoms with Crippen LogP contribution in [0.2, 0.25) is 5.32 Å². The van der Waals surface area contributed by atoms with Crippen molar-refractivity contribution in [2.75, 3.05) is 0 Å². The molecule has 2 N–H and O–H groups in total. The average molecular weight is 278 g/mol. The predicted octanol–water partition coefficient (Wildman–Crippen LogP) is 2.83. The number of phenolic OH excluding ortho intramolecular Hbond substituents is 1. The van der Waals surface area contributed by atoms with E-state index in [1.807, 2.05) is 12.1 Å². The van der Waals surface area contributed by atoms with Gasteiger partial charge in [0.25, 0.3) is 0 Å². The minimum absolute atomic E-state index is 0.347. The summed E-state index contributed by atoms with van der Waals surface area (Å²) in [5.41, 5.74) is 2.42. The van der Waals surface area contributed by atoms with Gasteiger partial charge in [-0.15, -0.1) is 0 Å². The third kappa shape index (κ3) is 1.77. The second-order valence-corrected chi connectivity index (χ2v) is 6.59. The molecule has 16 heavy (non-hydrogen) atoms. The van der Waals surface area contributed by atoms with Crippen molar-refractivity contribution in [3.05, 3.63) is 40.5 Å². The molecule has 0 spiro atoms.